The topological polar surface area (TPSA) is 53.2 Å². The molecule has 5 heteroatoms. The van der Waals surface area contributed by atoms with Gasteiger partial charge >= 0.3 is 0 Å². The van der Waals surface area contributed by atoms with Gasteiger partial charge in [0.25, 0.3) is 0 Å². The van der Waals surface area contributed by atoms with Gasteiger partial charge in [-0.25, -0.2) is 0 Å². The van der Waals surface area contributed by atoms with Gasteiger partial charge in [-0.05, 0) is 43.3 Å². The van der Waals surface area contributed by atoms with Gasteiger partial charge in [0, 0.05) is 12.1 Å². The highest BCUT2D eigenvalue weighted by Crippen LogP contribution is 2.08. The first-order valence-corrected chi connectivity index (χ1v) is 5.95. The summed E-state index contributed by atoms with van der Waals surface area (Å²) in [6, 6.07) is 7.83. The first-order valence-electron chi connectivity index (χ1n) is 5.54. The van der Waals surface area contributed by atoms with E-state index in [9.17, 15) is 4.79 Å². The molecule has 1 aromatic rings. The van der Waals surface area contributed by atoms with Crippen molar-refractivity contribution in [2.24, 2.45) is 0 Å². The molecule has 0 bridgehead atoms. The number of anilines is 1. The lowest BCUT2D eigenvalue weighted by atomic mass is 10.2. The highest BCUT2D eigenvalue weighted by atomic mass is 32.1. The van der Waals surface area contributed by atoms with Crippen molar-refractivity contribution in [3.63, 3.8) is 0 Å². The quantitative estimate of drug-likeness (QED) is 0.569. The van der Waals surface area contributed by atoms with E-state index in [-0.39, 0.29) is 5.91 Å². The van der Waals surface area contributed by atoms with Crippen LogP contribution in [0.15, 0.2) is 24.3 Å². The van der Waals surface area contributed by atoms with Gasteiger partial charge in [-0.1, -0.05) is 19.1 Å². The van der Waals surface area contributed by atoms with Crippen LogP contribution in [0.5, 0.6) is 0 Å². The summed E-state index contributed by atoms with van der Waals surface area (Å²) in [7, 11) is 0. The minimum atomic E-state index is -0.0686. The molecule has 0 fully saturated rings. The first kappa shape index (κ1) is 13.4. The van der Waals surface area contributed by atoms with E-state index in [1.807, 2.05) is 38.1 Å². The lowest BCUT2D eigenvalue weighted by Crippen LogP contribution is -2.43. The van der Waals surface area contributed by atoms with E-state index in [0.717, 1.165) is 17.7 Å². The van der Waals surface area contributed by atoms with Gasteiger partial charge < -0.3 is 5.32 Å². The van der Waals surface area contributed by atoms with Crippen LogP contribution in [0.4, 0.5) is 5.69 Å². The summed E-state index contributed by atoms with van der Waals surface area (Å²) in [6.07, 6.45) is 1.30. The van der Waals surface area contributed by atoms with Crippen LogP contribution in [0.25, 0.3) is 0 Å². The molecule has 0 saturated heterocycles. The Bertz CT molecular complexity index is 406. The molecule has 0 saturated carbocycles. The predicted molar refractivity (Wildman–Crippen MR) is 73.6 cm³/mol. The molecule has 4 nitrogen and oxygen atoms in total. The van der Waals surface area contributed by atoms with Crippen molar-refractivity contribution < 1.29 is 4.79 Å². The molecule has 17 heavy (non-hydrogen) atoms. The van der Waals surface area contributed by atoms with Gasteiger partial charge in [-0.2, -0.15) is 0 Å². The van der Waals surface area contributed by atoms with Crippen molar-refractivity contribution in [2.75, 3.05) is 5.32 Å². The Balaban J connectivity index is 2.37. The van der Waals surface area contributed by atoms with Gasteiger partial charge in [0.2, 0.25) is 5.91 Å². The molecule has 3 N–H and O–H groups in total. The lowest BCUT2D eigenvalue weighted by molar-refractivity contribution is -0.121. The van der Waals surface area contributed by atoms with Gasteiger partial charge in [0.05, 0.1) is 0 Å². The summed E-state index contributed by atoms with van der Waals surface area (Å²) < 4.78 is 0. The second kappa shape index (κ2) is 6.85. The number of benzene rings is 1. The number of carbonyl (C=O) groups is 1. The standard InChI is InChI=1S/C12H17N3OS/c1-3-5-11(16)14-15-12(17)13-10-7-4-6-9(2)8-10/h4,6-8H,3,5H2,1-2H3,(H,14,16)(H2,13,15,17). The Labute approximate surface area is 107 Å². The molecule has 0 aliphatic rings. The Morgan fingerprint density at radius 3 is 2.76 bits per heavy atom. The maximum absolute atomic E-state index is 11.2. The molecule has 0 unspecified atom stereocenters. The van der Waals surface area contributed by atoms with E-state index < -0.39 is 0 Å². The average molecular weight is 251 g/mol. The number of aryl methyl sites for hydroxylation is 1. The van der Waals surface area contributed by atoms with Gasteiger partial charge in [-0.15, -0.1) is 0 Å². The number of rotatable bonds is 3. The largest absolute Gasteiger partial charge is 0.331 e. The number of nitrogens with one attached hydrogen (secondary N) is 3. The zero-order valence-electron chi connectivity index (χ0n) is 10.0. The van der Waals surface area contributed by atoms with Crippen LogP contribution < -0.4 is 16.2 Å². The highest BCUT2D eigenvalue weighted by Gasteiger charge is 2.00. The van der Waals surface area contributed by atoms with Crippen molar-refractivity contribution >= 4 is 28.9 Å². The van der Waals surface area contributed by atoms with Crippen molar-refractivity contribution in [3.8, 4) is 0 Å². The predicted octanol–water partition coefficient (Wildman–Crippen LogP) is 2.11. The van der Waals surface area contributed by atoms with Crippen molar-refractivity contribution in [1.29, 1.82) is 0 Å². The van der Waals surface area contributed by atoms with Crippen LogP contribution in [0.3, 0.4) is 0 Å². The molecule has 1 rings (SSSR count). The number of hydrazine groups is 1. The third kappa shape index (κ3) is 5.31. The van der Waals surface area contributed by atoms with E-state index in [4.69, 9.17) is 12.2 Å². The molecule has 0 spiro atoms. The molecular weight excluding hydrogens is 234 g/mol. The Hall–Kier alpha value is -1.62. The molecule has 1 amide bonds. The van der Waals surface area contributed by atoms with Gasteiger partial charge in [0.1, 0.15) is 0 Å². The maximum atomic E-state index is 11.2. The maximum Gasteiger partial charge on any atom is 0.238 e. The fourth-order valence-corrected chi connectivity index (χ4v) is 1.47. The summed E-state index contributed by atoms with van der Waals surface area (Å²) in [4.78, 5) is 11.2. The Kier molecular flexibility index (Phi) is 5.42. The van der Waals surface area contributed by atoms with Crippen molar-refractivity contribution in [1.82, 2.24) is 10.9 Å². The second-order valence-electron chi connectivity index (χ2n) is 3.75. The van der Waals surface area contributed by atoms with Crippen LogP contribution in [0.1, 0.15) is 25.3 Å². The van der Waals surface area contributed by atoms with Crippen LogP contribution >= 0.6 is 12.2 Å². The number of hydrogen-bond acceptors (Lipinski definition) is 2. The van der Waals surface area contributed by atoms with Crippen LogP contribution in [0, 0.1) is 6.92 Å². The number of amides is 1. The lowest BCUT2D eigenvalue weighted by Gasteiger charge is -2.11. The summed E-state index contributed by atoms with van der Waals surface area (Å²) in [5, 5.41) is 3.36. The molecule has 0 radical (unpaired) electrons. The smallest absolute Gasteiger partial charge is 0.238 e. The number of carbonyl (C=O) groups excluding carboxylic acids is 1. The zero-order chi connectivity index (χ0) is 12.7. The molecule has 1 aromatic carbocycles. The second-order valence-corrected chi connectivity index (χ2v) is 4.16. The summed E-state index contributed by atoms with van der Waals surface area (Å²) >= 11 is 5.04. The molecule has 0 heterocycles. The van der Waals surface area contributed by atoms with Gasteiger partial charge in [-0.3, -0.25) is 15.6 Å². The van der Waals surface area contributed by atoms with Gasteiger partial charge in [0.15, 0.2) is 5.11 Å². The van der Waals surface area contributed by atoms with Crippen LogP contribution in [0.2, 0.25) is 0 Å². The average Bonchev–Trinajstić information content (AvgIpc) is 2.27. The van der Waals surface area contributed by atoms with E-state index >= 15 is 0 Å². The molecular formula is C12H17N3OS. The minimum absolute atomic E-state index is 0.0686. The SMILES string of the molecule is CCCC(=O)NNC(=S)Nc1cccc(C)c1. The Morgan fingerprint density at radius 1 is 1.35 bits per heavy atom. The summed E-state index contributed by atoms with van der Waals surface area (Å²) in [6.45, 7) is 3.95. The highest BCUT2D eigenvalue weighted by molar-refractivity contribution is 7.80. The number of thiocarbonyl (C=S) groups is 1. The van der Waals surface area contributed by atoms with Crippen molar-refractivity contribution in [3.05, 3.63) is 29.8 Å². The summed E-state index contributed by atoms with van der Waals surface area (Å²) in [5.41, 5.74) is 7.22. The molecule has 0 aliphatic carbocycles. The number of hydrogen-bond donors (Lipinski definition) is 3. The monoisotopic (exact) mass is 251 g/mol. The molecule has 92 valence electrons. The zero-order valence-corrected chi connectivity index (χ0v) is 10.9. The fourth-order valence-electron chi connectivity index (χ4n) is 1.30. The Morgan fingerprint density at radius 2 is 2.12 bits per heavy atom. The summed E-state index contributed by atoms with van der Waals surface area (Å²) in [5.74, 6) is -0.0686. The van der Waals surface area contributed by atoms with Crippen molar-refractivity contribution in [2.45, 2.75) is 26.7 Å². The van der Waals surface area contributed by atoms with E-state index in [2.05, 4.69) is 16.2 Å². The normalized spacial score (nSPS) is 9.53. The van der Waals surface area contributed by atoms with E-state index in [0.29, 0.717) is 11.5 Å². The molecule has 0 aliphatic heterocycles. The van der Waals surface area contributed by atoms with Crippen LogP contribution in [-0.2, 0) is 4.79 Å². The van der Waals surface area contributed by atoms with E-state index in [1.165, 1.54) is 0 Å². The van der Waals surface area contributed by atoms with Crippen LogP contribution in [-0.4, -0.2) is 11.0 Å². The molecule has 0 atom stereocenters. The minimum Gasteiger partial charge on any atom is -0.331 e. The molecule has 0 aromatic heterocycles. The third-order valence-electron chi connectivity index (χ3n) is 2.07. The third-order valence-corrected chi connectivity index (χ3v) is 2.27. The fraction of sp³-hybridized carbons (Fsp3) is 0.333. The first-order chi connectivity index (χ1) is 8.11. The van der Waals surface area contributed by atoms with E-state index in [1.54, 1.807) is 0 Å².